The molecule has 0 aliphatic carbocycles. The lowest BCUT2D eigenvalue weighted by Gasteiger charge is -2.09. The predicted octanol–water partition coefficient (Wildman–Crippen LogP) is 8.08. The maximum atomic E-state index is 12.4. The fourth-order valence-corrected chi connectivity index (χ4v) is 7.21. The number of hydrogen-bond acceptors (Lipinski definition) is 7. The number of nitrogens with zero attached hydrogens (tertiary/aromatic N) is 6. The molecule has 1 fully saturated rings. The lowest BCUT2D eigenvalue weighted by Crippen LogP contribution is -3.14. The van der Waals surface area contributed by atoms with Crippen LogP contribution >= 0.6 is 0 Å². The smallest absolute Gasteiger partial charge is 0.185 e. The molecule has 3 N–H and O–H groups in total. The van der Waals surface area contributed by atoms with E-state index in [4.69, 9.17) is 15.9 Å². The first-order valence-electron chi connectivity index (χ1n) is 18.6. The Morgan fingerprint density at radius 1 is 0.800 bits per heavy atom. The number of benzene rings is 2. The van der Waals surface area contributed by atoms with E-state index in [9.17, 15) is 4.79 Å². The fraction of sp³-hybridized carbons (Fsp3) is 0.261. The number of rotatable bonds is 5. The highest BCUT2D eigenvalue weighted by molar-refractivity contribution is 5.99. The van der Waals surface area contributed by atoms with E-state index in [-0.39, 0.29) is 13.2 Å². The third-order valence-electron chi connectivity index (χ3n) is 10.0. The number of aryl methyl sites for hydroxylation is 5. The zero-order chi connectivity index (χ0) is 37.8. The number of carbonyl (C=O) groups is 1. The van der Waals surface area contributed by atoms with E-state index in [0.717, 1.165) is 93.4 Å². The molecule has 9 heteroatoms. The molecular weight excluding hydrogens is 681 g/mol. The van der Waals surface area contributed by atoms with Gasteiger partial charge >= 0.3 is 0 Å². The SMILES string of the molecule is C.C=C1CCC[NH+]1N.Cc1ccc2nccc(-c3c(-c4cccc(C)n4)nn4c3CCC4)c2c1.Cc1ccc2nccc(CC(=O)c3cccc(C)n3)c2c1. The number of Topliss-reactive ketones (excluding diaryl/α,β-unsaturated/α-hetero) is 1. The molecule has 280 valence electrons. The van der Waals surface area contributed by atoms with Crippen LogP contribution in [0.4, 0.5) is 0 Å². The maximum Gasteiger partial charge on any atom is 0.185 e. The Morgan fingerprint density at radius 2 is 1.47 bits per heavy atom. The first-order valence-corrected chi connectivity index (χ1v) is 18.6. The zero-order valence-corrected chi connectivity index (χ0v) is 31.6. The van der Waals surface area contributed by atoms with Crippen molar-refractivity contribution in [2.75, 3.05) is 6.54 Å². The molecule has 2 aliphatic heterocycles. The number of aromatic nitrogens is 6. The third-order valence-corrected chi connectivity index (χ3v) is 10.0. The molecule has 0 bridgehead atoms. The Morgan fingerprint density at radius 3 is 2.13 bits per heavy atom. The maximum absolute atomic E-state index is 12.4. The van der Waals surface area contributed by atoms with E-state index < -0.39 is 0 Å². The van der Waals surface area contributed by atoms with Gasteiger partial charge in [-0.15, -0.1) is 0 Å². The van der Waals surface area contributed by atoms with Crippen molar-refractivity contribution < 1.29 is 9.80 Å². The van der Waals surface area contributed by atoms with Gasteiger partial charge in [-0.25, -0.2) is 5.01 Å². The van der Waals surface area contributed by atoms with Crippen LogP contribution in [0.5, 0.6) is 0 Å². The minimum Gasteiger partial charge on any atom is -0.292 e. The predicted molar refractivity (Wildman–Crippen MR) is 223 cm³/mol. The molecule has 9 nitrogen and oxygen atoms in total. The van der Waals surface area contributed by atoms with E-state index in [1.165, 1.54) is 34.2 Å². The van der Waals surface area contributed by atoms with Gasteiger partial charge in [-0.3, -0.25) is 29.4 Å². The Labute approximate surface area is 324 Å². The number of hydrogen-bond donors (Lipinski definition) is 2. The average Bonchev–Trinajstić information content (AvgIpc) is 3.88. The number of allylic oxidation sites excluding steroid dienone is 1. The number of pyridine rings is 4. The summed E-state index contributed by atoms with van der Waals surface area (Å²) in [4.78, 5) is 30.4. The minimum absolute atomic E-state index is 0. The summed E-state index contributed by atoms with van der Waals surface area (Å²) in [7, 11) is 0. The number of nitrogens with one attached hydrogen (secondary N) is 1. The van der Waals surface area contributed by atoms with Gasteiger partial charge in [0.2, 0.25) is 0 Å². The van der Waals surface area contributed by atoms with Crippen molar-refractivity contribution in [3.8, 4) is 22.5 Å². The Bertz CT molecular complexity index is 2500. The highest BCUT2D eigenvalue weighted by Gasteiger charge is 2.25. The topological polar surface area (TPSA) is 117 Å². The normalized spacial score (nSPS) is 14.4. The van der Waals surface area contributed by atoms with Gasteiger partial charge in [0, 0.05) is 71.6 Å². The molecule has 0 spiro atoms. The van der Waals surface area contributed by atoms with Gasteiger partial charge in [-0.2, -0.15) is 10.9 Å². The highest BCUT2D eigenvalue weighted by atomic mass is 16.1. The molecule has 0 radical (unpaired) electrons. The van der Waals surface area contributed by atoms with Crippen LogP contribution in [-0.4, -0.2) is 42.0 Å². The number of nitrogens with two attached hydrogens (primary N) is 1. The molecule has 7 heterocycles. The van der Waals surface area contributed by atoms with Crippen LogP contribution in [0.25, 0.3) is 44.3 Å². The Hall–Kier alpha value is -5.90. The van der Waals surface area contributed by atoms with E-state index >= 15 is 0 Å². The first kappa shape index (κ1) is 38.8. The van der Waals surface area contributed by atoms with Gasteiger partial charge in [-0.1, -0.05) is 42.8 Å². The van der Waals surface area contributed by atoms with Gasteiger partial charge in [0.15, 0.2) is 5.78 Å². The molecule has 0 saturated carbocycles. The summed E-state index contributed by atoms with van der Waals surface area (Å²) in [5, 5.41) is 8.18. The average molecular weight is 732 g/mol. The van der Waals surface area contributed by atoms with Crippen LogP contribution in [0.1, 0.15) is 70.9 Å². The standard InChI is InChI=1S/C22H20N4.C18H16N2O.C5H10N2.CH4/c1-14-8-9-18-17(13-14)16(10-11-23-18)21-20-7-4-12-26(20)25-22(21)19-6-3-5-15(2)24-19;1-12-6-7-16-15(10-12)14(8-9-19-16)11-18(21)17-5-3-4-13(2)20-17;1-5-3-2-4-7(5)6;/h3,5-6,8-11,13H,4,7,12H2,1-2H3;3-10H,11H2,1-2H3;1-4,6H2;1H4/p+1. The molecule has 55 heavy (non-hydrogen) atoms. The van der Waals surface area contributed by atoms with Gasteiger partial charge < -0.3 is 0 Å². The van der Waals surface area contributed by atoms with Crippen molar-refractivity contribution >= 4 is 27.6 Å². The van der Waals surface area contributed by atoms with E-state index in [0.29, 0.717) is 12.1 Å². The van der Waals surface area contributed by atoms with E-state index in [2.05, 4.69) is 75.6 Å². The van der Waals surface area contributed by atoms with Crippen LogP contribution < -0.4 is 10.9 Å². The molecule has 1 unspecified atom stereocenters. The highest BCUT2D eigenvalue weighted by Crippen LogP contribution is 2.39. The van der Waals surface area contributed by atoms with Gasteiger partial charge in [0.25, 0.3) is 0 Å². The van der Waals surface area contributed by atoms with Crippen molar-refractivity contribution in [1.82, 2.24) is 29.7 Å². The Balaban J connectivity index is 0.000000159. The zero-order valence-electron chi connectivity index (χ0n) is 31.6. The molecule has 2 aliphatic rings. The van der Waals surface area contributed by atoms with Crippen molar-refractivity contribution in [2.45, 2.75) is 73.8 Å². The molecule has 0 amide bonds. The van der Waals surface area contributed by atoms with Gasteiger partial charge in [0.05, 0.1) is 23.3 Å². The van der Waals surface area contributed by atoms with E-state index in [1.807, 2.05) is 63.4 Å². The third kappa shape index (κ3) is 8.75. The Kier molecular flexibility index (Phi) is 12.0. The van der Waals surface area contributed by atoms with Crippen LogP contribution in [-0.2, 0) is 19.4 Å². The largest absolute Gasteiger partial charge is 0.292 e. The number of ketones is 1. The molecule has 1 saturated heterocycles. The monoisotopic (exact) mass is 731 g/mol. The fourth-order valence-electron chi connectivity index (χ4n) is 7.21. The number of fused-ring (bicyclic) bond motifs is 3. The first-order chi connectivity index (χ1) is 26.1. The van der Waals surface area contributed by atoms with Gasteiger partial charge in [-0.05, 0) is 119 Å². The van der Waals surface area contributed by atoms with Crippen LogP contribution in [0.3, 0.4) is 0 Å². The second-order valence-corrected chi connectivity index (χ2v) is 14.3. The summed E-state index contributed by atoms with van der Waals surface area (Å²) in [6.45, 7) is 13.9. The van der Waals surface area contributed by atoms with Crippen LogP contribution in [0, 0.1) is 27.7 Å². The molecule has 7 aromatic rings. The summed E-state index contributed by atoms with van der Waals surface area (Å²) in [5.74, 6) is 5.53. The number of quaternary nitrogens is 1. The lowest BCUT2D eigenvalue weighted by atomic mass is 9.96. The quantitative estimate of drug-likeness (QED) is 0.136. The van der Waals surface area contributed by atoms with Crippen molar-refractivity contribution in [2.24, 2.45) is 5.84 Å². The molecule has 1 atom stereocenters. The summed E-state index contributed by atoms with van der Waals surface area (Å²) in [5.41, 5.74) is 14.6. The summed E-state index contributed by atoms with van der Waals surface area (Å²) < 4.78 is 2.16. The summed E-state index contributed by atoms with van der Waals surface area (Å²) in [6.07, 6.45) is 8.54. The van der Waals surface area contributed by atoms with Crippen molar-refractivity contribution in [3.05, 3.63) is 149 Å². The van der Waals surface area contributed by atoms with Crippen LogP contribution in [0.15, 0.2) is 110 Å². The minimum atomic E-state index is 0. The summed E-state index contributed by atoms with van der Waals surface area (Å²) >= 11 is 0. The molecule has 9 rings (SSSR count). The molecule has 5 aromatic heterocycles. The van der Waals surface area contributed by atoms with Crippen LogP contribution in [0.2, 0.25) is 0 Å². The van der Waals surface area contributed by atoms with E-state index in [1.54, 1.807) is 12.3 Å². The number of carbonyl (C=O) groups excluding carboxylic acids is 1. The summed E-state index contributed by atoms with van der Waals surface area (Å²) in [6, 6.07) is 28.2. The van der Waals surface area contributed by atoms with Gasteiger partial charge in [0.1, 0.15) is 17.1 Å². The molecular formula is C46H51N8O+. The second kappa shape index (κ2) is 17.1. The molecule has 2 aromatic carbocycles. The lowest BCUT2D eigenvalue weighted by molar-refractivity contribution is -0.863. The van der Waals surface area contributed by atoms with Crippen molar-refractivity contribution in [3.63, 3.8) is 0 Å². The van der Waals surface area contributed by atoms with Crippen molar-refractivity contribution in [1.29, 1.82) is 0 Å². The second-order valence-electron chi connectivity index (χ2n) is 14.3.